The first-order valence-electron chi connectivity index (χ1n) is 5.74. The summed E-state index contributed by atoms with van der Waals surface area (Å²) >= 11 is 3.33. The minimum Gasteiger partial charge on any atom is -0.391 e. The van der Waals surface area contributed by atoms with Crippen LogP contribution in [0.5, 0.6) is 0 Å². The quantitative estimate of drug-likeness (QED) is 0.708. The SMILES string of the molecule is OC(CBr)CN(CC1CC1)CC1CC1. The minimum atomic E-state index is -0.188. The standard InChI is InChI=1S/C11H20BrNO/c12-5-11(14)8-13(6-9-1-2-9)7-10-3-4-10/h9-11,14H,1-8H2. The van der Waals surface area contributed by atoms with E-state index in [1.54, 1.807) is 0 Å². The number of aliphatic hydroxyl groups is 1. The number of rotatable bonds is 7. The highest BCUT2D eigenvalue weighted by Gasteiger charge is 2.29. The smallest absolute Gasteiger partial charge is 0.0763 e. The Kier molecular flexibility index (Phi) is 3.86. The van der Waals surface area contributed by atoms with E-state index in [1.807, 2.05) is 0 Å². The highest BCUT2D eigenvalue weighted by Crippen LogP contribution is 2.33. The lowest BCUT2D eigenvalue weighted by molar-refractivity contribution is 0.124. The number of hydrogen-bond donors (Lipinski definition) is 1. The fourth-order valence-electron chi connectivity index (χ4n) is 1.90. The van der Waals surface area contributed by atoms with Crippen LogP contribution >= 0.6 is 15.9 Å². The number of nitrogens with zero attached hydrogens (tertiary/aromatic N) is 1. The molecule has 2 aliphatic rings. The molecule has 3 heteroatoms. The van der Waals surface area contributed by atoms with Gasteiger partial charge in [0.15, 0.2) is 0 Å². The Morgan fingerprint density at radius 2 is 1.64 bits per heavy atom. The van der Waals surface area contributed by atoms with Gasteiger partial charge >= 0.3 is 0 Å². The van der Waals surface area contributed by atoms with Crippen molar-refractivity contribution in [2.75, 3.05) is 25.0 Å². The summed E-state index contributed by atoms with van der Waals surface area (Å²) in [6.45, 7) is 3.30. The van der Waals surface area contributed by atoms with E-state index in [4.69, 9.17) is 0 Å². The average molecular weight is 262 g/mol. The van der Waals surface area contributed by atoms with Crippen LogP contribution in [0.2, 0.25) is 0 Å². The molecule has 14 heavy (non-hydrogen) atoms. The third-order valence-electron chi connectivity index (χ3n) is 3.07. The van der Waals surface area contributed by atoms with Gasteiger partial charge in [-0.1, -0.05) is 15.9 Å². The van der Waals surface area contributed by atoms with Crippen molar-refractivity contribution >= 4 is 15.9 Å². The predicted molar refractivity (Wildman–Crippen MR) is 61.7 cm³/mol. The van der Waals surface area contributed by atoms with Crippen molar-refractivity contribution in [3.63, 3.8) is 0 Å². The maximum Gasteiger partial charge on any atom is 0.0763 e. The maximum atomic E-state index is 9.61. The Labute approximate surface area is 94.8 Å². The van der Waals surface area contributed by atoms with E-state index in [2.05, 4.69) is 20.8 Å². The Hall–Kier alpha value is 0.400. The van der Waals surface area contributed by atoms with Gasteiger partial charge in [0.25, 0.3) is 0 Å². The molecule has 1 atom stereocenters. The molecule has 2 fully saturated rings. The van der Waals surface area contributed by atoms with Gasteiger partial charge in [0, 0.05) is 25.0 Å². The second-order valence-corrected chi connectivity index (χ2v) is 5.56. The third kappa shape index (κ3) is 3.87. The van der Waals surface area contributed by atoms with E-state index in [0.29, 0.717) is 5.33 Å². The number of halogens is 1. The molecule has 0 bridgehead atoms. The monoisotopic (exact) mass is 261 g/mol. The zero-order valence-corrected chi connectivity index (χ0v) is 10.2. The van der Waals surface area contributed by atoms with Crippen molar-refractivity contribution in [1.29, 1.82) is 0 Å². The highest BCUT2D eigenvalue weighted by molar-refractivity contribution is 9.09. The van der Waals surface area contributed by atoms with Gasteiger partial charge in [0.05, 0.1) is 6.10 Å². The van der Waals surface area contributed by atoms with E-state index < -0.39 is 0 Å². The minimum absolute atomic E-state index is 0.188. The van der Waals surface area contributed by atoms with Crippen LogP contribution in [-0.4, -0.2) is 41.1 Å². The molecule has 0 spiro atoms. The fraction of sp³-hybridized carbons (Fsp3) is 1.00. The Bertz CT molecular complexity index is 166. The van der Waals surface area contributed by atoms with Crippen LogP contribution in [-0.2, 0) is 0 Å². The predicted octanol–water partition coefficient (Wildman–Crippen LogP) is 1.86. The first-order chi connectivity index (χ1) is 6.78. The lowest BCUT2D eigenvalue weighted by Crippen LogP contribution is -2.36. The molecule has 0 aromatic rings. The van der Waals surface area contributed by atoms with Gasteiger partial charge in [-0.15, -0.1) is 0 Å². The molecule has 0 aliphatic heterocycles. The maximum absolute atomic E-state index is 9.61. The first kappa shape index (κ1) is 10.9. The Morgan fingerprint density at radius 3 is 2.00 bits per heavy atom. The zero-order valence-electron chi connectivity index (χ0n) is 8.66. The summed E-state index contributed by atoms with van der Waals surface area (Å²) in [7, 11) is 0. The van der Waals surface area contributed by atoms with Crippen molar-refractivity contribution in [1.82, 2.24) is 4.90 Å². The van der Waals surface area contributed by atoms with Gasteiger partial charge in [-0.25, -0.2) is 0 Å². The summed E-state index contributed by atoms with van der Waals surface area (Å²) in [5.74, 6) is 1.88. The molecule has 1 N–H and O–H groups in total. The molecular weight excluding hydrogens is 242 g/mol. The lowest BCUT2D eigenvalue weighted by Gasteiger charge is -2.24. The summed E-state index contributed by atoms with van der Waals surface area (Å²) < 4.78 is 0. The molecule has 0 radical (unpaired) electrons. The van der Waals surface area contributed by atoms with Gasteiger partial charge < -0.3 is 10.0 Å². The van der Waals surface area contributed by atoms with Crippen LogP contribution in [0, 0.1) is 11.8 Å². The first-order valence-corrected chi connectivity index (χ1v) is 6.86. The van der Waals surface area contributed by atoms with Crippen molar-refractivity contribution in [3.8, 4) is 0 Å². The van der Waals surface area contributed by atoms with E-state index in [1.165, 1.54) is 38.8 Å². The normalized spacial score (nSPS) is 24.2. The van der Waals surface area contributed by atoms with Gasteiger partial charge in [0.1, 0.15) is 0 Å². The highest BCUT2D eigenvalue weighted by atomic mass is 79.9. The number of alkyl halides is 1. The Balaban J connectivity index is 1.71. The van der Waals surface area contributed by atoms with Crippen LogP contribution in [0.4, 0.5) is 0 Å². The fourth-order valence-corrected chi connectivity index (χ4v) is 2.11. The third-order valence-corrected chi connectivity index (χ3v) is 3.82. The molecule has 82 valence electrons. The van der Waals surface area contributed by atoms with E-state index in [-0.39, 0.29) is 6.10 Å². The molecular formula is C11H20BrNO. The lowest BCUT2D eigenvalue weighted by atomic mass is 10.2. The molecule has 0 aromatic heterocycles. The molecule has 2 rings (SSSR count). The summed E-state index contributed by atoms with van der Waals surface area (Å²) in [4.78, 5) is 2.47. The zero-order chi connectivity index (χ0) is 9.97. The summed E-state index contributed by atoms with van der Waals surface area (Å²) in [5, 5.41) is 10.3. The van der Waals surface area contributed by atoms with E-state index in [0.717, 1.165) is 18.4 Å². The van der Waals surface area contributed by atoms with Crippen molar-refractivity contribution in [2.24, 2.45) is 11.8 Å². The van der Waals surface area contributed by atoms with E-state index in [9.17, 15) is 5.11 Å². The van der Waals surface area contributed by atoms with Gasteiger partial charge in [-0.2, -0.15) is 0 Å². The van der Waals surface area contributed by atoms with Crippen LogP contribution in [0.15, 0.2) is 0 Å². The Morgan fingerprint density at radius 1 is 1.14 bits per heavy atom. The average Bonchev–Trinajstić information content (AvgIpc) is 2.99. The van der Waals surface area contributed by atoms with Crippen molar-refractivity contribution < 1.29 is 5.11 Å². The summed E-state index contributed by atoms with van der Waals surface area (Å²) in [5.41, 5.74) is 0. The summed E-state index contributed by atoms with van der Waals surface area (Å²) in [6.07, 6.45) is 5.45. The molecule has 0 amide bonds. The van der Waals surface area contributed by atoms with Crippen molar-refractivity contribution in [2.45, 2.75) is 31.8 Å². The van der Waals surface area contributed by atoms with Crippen LogP contribution in [0.1, 0.15) is 25.7 Å². The molecule has 1 unspecified atom stereocenters. The number of hydrogen-bond acceptors (Lipinski definition) is 2. The van der Waals surface area contributed by atoms with Crippen LogP contribution < -0.4 is 0 Å². The van der Waals surface area contributed by atoms with Crippen LogP contribution in [0.25, 0.3) is 0 Å². The topological polar surface area (TPSA) is 23.5 Å². The number of aliphatic hydroxyl groups excluding tert-OH is 1. The van der Waals surface area contributed by atoms with Gasteiger partial charge in [-0.3, -0.25) is 0 Å². The summed E-state index contributed by atoms with van der Waals surface area (Å²) in [6, 6.07) is 0. The molecule has 2 aliphatic carbocycles. The van der Waals surface area contributed by atoms with Gasteiger partial charge in [-0.05, 0) is 37.5 Å². The second-order valence-electron chi connectivity index (χ2n) is 4.91. The second kappa shape index (κ2) is 4.95. The molecule has 2 saturated carbocycles. The molecule has 0 aromatic carbocycles. The van der Waals surface area contributed by atoms with Gasteiger partial charge in [0.2, 0.25) is 0 Å². The van der Waals surface area contributed by atoms with Crippen LogP contribution in [0.3, 0.4) is 0 Å². The molecule has 0 saturated heterocycles. The largest absolute Gasteiger partial charge is 0.391 e. The molecule has 0 heterocycles. The molecule has 2 nitrogen and oxygen atoms in total. The van der Waals surface area contributed by atoms with Crippen molar-refractivity contribution in [3.05, 3.63) is 0 Å². The van der Waals surface area contributed by atoms with E-state index >= 15 is 0 Å².